The van der Waals surface area contributed by atoms with Gasteiger partial charge in [-0.15, -0.1) is 0 Å². The average Bonchev–Trinajstić information content (AvgIpc) is 3.44. The van der Waals surface area contributed by atoms with Gasteiger partial charge in [0.2, 0.25) is 17.7 Å². The predicted molar refractivity (Wildman–Crippen MR) is 148 cm³/mol. The molecule has 0 radical (unpaired) electrons. The molecule has 0 aliphatic heterocycles. The monoisotopic (exact) mass is 559 g/mol. The molecule has 0 spiro atoms. The van der Waals surface area contributed by atoms with Gasteiger partial charge in [0.05, 0.1) is 12.4 Å². The third-order valence-corrected chi connectivity index (χ3v) is 6.70. The number of carboxylic acid groups (broad SMARTS) is 1. The summed E-state index contributed by atoms with van der Waals surface area (Å²) in [6, 6.07) is 1.84. The van der Waals surface area contributed by atoms with E-state index in [1.807, 2.05) is 6.92 Å². The van der Waals surface area contributed by atoms with Crippen LogP contribution in [0.25, 0.3) is 0 Å². The van der Waals surface area contributed by atoms with Gasteiger partial charge in [-0.1, -0.05) is 38.8 Å². The number of nitrogens with two attached hydrogens (primary N) is 2. The summed E-state index contributed by atoms with van der Waals surface area (Å²) in [7, 11) is 0. The molecule has 5 unspecified atom stereocenters. The molecule has 10 N–H and O–H groups in total. The van der Waals surface area contributed by atoms with Crippen molar-refractivity contribution in [3.63, 3.8) is 0 Å². The largest absolute Gasteiger partial charge is 0.508 e. The number of H-pyrrole nitrogens is 1. The molecule has 1 aromatic heterocycles. The zero-order valence-corrected chi connectivity index (χ0v) is 22.9. The number of aromatic amines is 1. The fraction of sp³-hybridized carbons (Fsp3) is 0.519. The van der Waals surface area contributed by atoms with E-state index < -0.39 is 47.9 Å². The first-order valence-electron chi connectivity index (χ1n) is 13.4. The summed E-state index contributed by atoms with van der Waals surface area (Å²) in [5.74, 6) is -3.38. The maximum atomic E-state index is 13.5. The SMILES string of the molecule is CCC(C)C(NC(=O)C(Cc1cnc[nH]1)NC(=O)C(Cc1ccc(O)cc1)NC(=O)C(N)CCCCN)C(=O)O. The number of benzene rings is 1. The van der Waals surface area contributed by atoms with Crippen LogP contribution in [-0.4, -0.2) is 74.6 Å². The Morgan fingerprint density at radius 2 is 1.60 bits per heavy atom. The number of aromatic hydroxyl groups is 1. The van der Waals surface area contributed by atoms with Crippen molar-refractivity contribution in [2.24, 2.45) is 17.4 Å². The fourth-order valence-corrected chi connectivity index (χ4v) is 4.03. The Bertz CT molecular complexity index is 1090. The third kappa shape index (κ3) is 10.3. The number of imidazole rings is 1. The molecule has 2 aromatic rings. The molecular weight excluding hydrogens is 518 g/mol. The average molecular weight is 560 g/mol. The van der Waals surface area contributed by atoms with E-state index in [1.165, 1.54) is 24.7 Å². The van der Waals surface area contributed by atoms with E-state index in [4.69, 9.17) is 11.5 Å². The highest BCUT2D eigenvalue weighted by atomic mass is 16.4. The van der Waals surface area contributed by atoms with Gasteiger partial charge in [0.1, 0.15) is 23.9 Å². The molecule has 1 heterocycles. The summed E-state index contributed by atoms with van der Waals surface area (Å²) in [5, 5.41) is 27.2. The van der Waals surface area contributed by atoms with Gasteiger partial charge in [0.15, 0.2) is 0 Å². The summed E-state index contributed by atoms with van der Waals surface area (Å²) in [5.41, 5.74) is 12.7. The Kier molecular flexibility index (Phi) is 13.1. The summed E-state index contributed by atoms with van der Waals surface area (Å²) in [6.45, 7) is 4.00. The second-order valence-corrected chi connectivity index (χ2v) is 9.87. The number of carboxylic acids is 1. The van der Waals surface area contributed by atoms with Crippen molar-refractivity contribution >= 4 is 23.7 Å². The summed E-state index contributed by atoms with van der Waals surface area (Å²) in [4.78, 5) is 58.3. The molecule has 5 atom stereocenters. The molecule has 0 aliphatic rings. The van der Waals surface area contributed by atoms with Gasteiger partial charge in [-0.2, -0.15) is 0 Å². The van der Waals surface area contributed by atoms with Gasteiger partial charge < -0.3 is 42.6 Å². The van der Waals surface area contributed by atoms with Crippen molar-refractivity contribution in [1.82, 2.24) is 25.9 Å². The van der Waals surface area contributed by atoms with Crippen molar-refractivity contribution in [3.8, 4) is 5.75 Å². The summed E-state index contributed by atoms with van der Waals surface area (Å²) >= 11 is 0. The molecule has 40 heavy (non-hydrogen) atoms. The smallest absolute Gasteiger partial charge is 0.326 e. The Labute approximate surface area is 233 Å². The lowest BCUT2D eigenvalue weighted by Crippen LogP contribution is -2.58. The van der Waals surface area contributed by atoms with Gasteiger partial charge in [-0.05, 0) is 43.0 Å². The summed E-state index contributed by atoms with van der Waals surface area (Å²) < 4.78 is 0. The van der Waals surface area contributed by atoms with Crippen LogP contribution < -0.4 is 27.4 Å². The van der Waals surface area contributed by atoms with Crippen molar-refractivity contribution < 1.29 is 29.4 Å². The van der Waals surface area contributed by atoms with E-state index in [0.717, 1.165) is 0 Å². The highest BCUT2D eigenvalue weighted by Gasteiger charge is 2.32. The normalized spacial score (nSPS) is 14.8. The molecule has 220 valence electrons. The zero-order valence-electron chi connectivity index (χ0n) is 22.9. The van der Waals surface area contributed by atoms with Crippen LogP contribution in [0.4, 0.5) is 0 Å². The molecule has 2 rings (SSSR count). The second-order valence-electron chi connectivity index (χ2n) is 9.87. The number of phenolic OH excluding ortho intramolecular Hbond substituents is 1. The fourth-order valence-electron chi connectivity index (χ4n) is 4.03. The summed E-state index contributed by atoms with van der Waals surface area (Å²) in [6.07, 6.45) is 5.22. The van der Waals surface area contributed by atoms with E-state index in [1.54, 1.807) is 19.1 Å². The van der Waals surface area contributed by atoms with Gasteiger partial charge in [-0.3, -0.25) is 14.4 Å². The van der Waals surface area contributed by atoms with E-state index in [9.17, 15) is 29.4 Å². The third-order valence-electron chi connectivity index (χ3n) is 6.70. The predicted octanol–water partition coefficient (Wildman–Crippen LogP) is -0.0581. The van der Waals surface area contributed by atoms with Crippen LogP contribution in [0.5, 0.6) is 5.75 Å². The standard InChI is InChI=1S/C27H41N7O6/c1-3-16(2)23(27(39)40)34-26(38)22(13-18-14-30-15-31-18)33-25(37)21(12-17-7-9-19(35)10-8-17)32-24(36)20(29)6-4-5-11-28/h7-10,14-16,20-23,35H,3-6,11-13,28-29H2,1-2H3,(H,30,31)(H,32,36)(H,33,37)(H,34,38)(H,39,40). The van der Waals surface area contributed by atoms with Gasteiger partial charge in [0, 0.05) is 24.7 Å². The molecule has 0 aliphatic carbocycles. The molecule has 13 heteroatoms. The van der Waals surface area contributed by atoms with Crippen LogP contribution in [0.3, 0.4) is 0 Å². The number of nitrogens with zero attached hydrogens (tertiary/aromatic N) is 1. The van der Waals surface area contributed by atoms with Crippen molar-refractivity contribution in [2.75, 3.05) is 6.54 Å². The number of carbonyl (C=O) groups excluding carboxylic acids is 3. The number of phenols is 1. The van der Waals surface area contributed by atoms with E-state index in [0.29, 0.717) is 43.5 Å². The van der Waals surface area contributed by atoms with Crippen LogP contribution in [0.2, 0.25) is 0 Å². The quantitative estimate of drug-likeness (QED) is 0.121. The Balaban J connectivity index is 2.27. The van der Waals surface area contributed by atoms with Crippen LogP contribution in [0.1, 0.15) is 50.8 Å². The number of nitrogens with one attached hydrogen (secondary N) is 4. The van der Waals surface area contributed by atoms with E-state index in [2.05, 4.69) is 25.9 Å². The molecule has 0 saturated heterocycles. The minimum Gasteiger partial charge on any atom is -0.508 e. The first-order valence-corrected chi connectivity index (χ1v) is 13.4. The molecule has 3 amide bonds. The number of unbranched alkanes of at least 4 members (excludes halogenated alkanes) is 1. The second kappa shape index (κ2) is 16.2. The number of carbonyl (C=O) groups is 4. The number of rotatable bonds is 17. The first-order chi connectivity index (χ1) is 19.0. The van der Waals surface area contributed by atoms with Gasteiger partial charge in [0.25, 0.3) is 0 Å². The molecule has 13 nitrogen and oxygen atoms in total. The first kappa shape index (κ1) is 32.2. The maximum absolute atomic E-state index is 13.5. The molecule has 0 saturated carbocycles. The Hall–Kier alpha value is -3.97. The molecule has 1 aromatic carbocycles. The molecule has 0 fully saturated rings. The highest BCUT2D eigenvalue weighted by molar-refractivity contribution is 5.94. The molecule has 0 bridgehead atoms. The van der Waals surface area contributed by atoms with E-state index in [-0.39, 0.29) is 24.5 Å². The highest BCUT2D eigenvalue weighted by Crippen LogP contribution is 2.13. The van der Waals surface area contributed by atoms with Crippen LogP contribution in [-0.2, 0) is 32.0 Å². The number of hydrogen-bond donors (Lipinski definition) is 8. The minimum atomic E-state index is -1.18. The maximum Gasteiger partial charge on any atom is 0.326 e. The minimum absolute atomic E-state index is 0.00287. The number of hydrogen-bond acceptors (Lipinski definition) is 8. The number of amides is 3. The van der Waals surface area contributed by atoms with Gasteiger partial charge in [-0.25, -0.2) is 9.78 Å². The topological polar surface area (TPSA) is 226 Å². The molecular formula is C27H41N7O6. The van der Waals surface area contributed by atoms with Crippen LogP contribution >= 0.6 is 0 Å². The lowest BCUT2D eigenvalue weighted by atomic mass is 9.98. The lowest BCUT2D eigenvalue weighted by molar-refractivity contribution is -0.143. The van der Waals surface area contributed by atoms with Crippen molar-refractivity contribution in [2.45, 2.75) is 76.5 Å². The zero-order chi connectivity index (χ0) is 29.7. The lowest BCUT2D eigenvalue weighted by Gasteiger charge is -2.26. The Morgan fingerprint density at radius 3 is 2.17 bits per heavy atom. The Morgan fingerprint density at radius 1 is 0.975 bits per heavy atom. The van der Waals surface area contributed by atoms with Crippen molar-refractivity contribution in [1.29, 1.82) is 0 Å². The van der Waals surface area contributed by atoms with E-state index >= 15 is 0 Å². The van der Waals surface area contributed by atoms with Crippen LogP contribution in [0, 0.1) is 5.92 Å². The van der Waals surface area contributed by atoms with Gasteiger partial charge >= 0.3 is 5.97 Å². The number of aliphatic carboxylic acids is 1. The van der Waals surface area contributed by atoms with Crippen LogP contribution in [0.15, 0.2) is 36.8 Å². The van der Waals surface area contributed by atoms with Crippen molar-refractivity contribution in [3.05, 3.63) is 48.0 Å². The number of aromatic nitrogens is 2.